The topological polar surface area (TPSA) is 9.23 Å². The Morgan fingerprint density at radius 3 is 2.59 bits per heavy atom. The van der Waals surface area contributed by atoms with E-state index < -0.39 is 0 Å². The maximum atomic E-state index is 6.23. The van der Waals surface area contributed by atoms with Gasteiger partial charge in [-0.3, -0.25) is 0 Å². The quantitative estimate of drug-likeness (QED) is 0.719. The summed E-state index contributed by atoms with van der Waals surface area (Å²) in [5, 5.41) is 0.801. The van der Waals surface area contributed by atoms with Crippen molar-refractivity contribution in [3.63, 3.8) is 0 Å². The average Bonchev–Trinajstić information content (AvgIpc) is 2.30. The van der Waals surface area contributed by atoms with Crippen LogP contribution in [0.2, 0.25) is 5.02 Å². The molecule has 0 aromatic heterocycles. The molecule has 0 saturated heterocycles. The first-order chi connectivity index (χ1) is 8.02. The van der Waals surface area contributed by atoms with Gasteiger partial charge in [0.1, 0.15) is 5.75 Å². The Balaban J connectivity index is 3.31. The maximum absolute atomic E-state index is 6.23. The summed E-state index contributed by atoms with van der Waals surface area (Å²) in [5.41, 5.74) is 3.36. The number of aryl methyl sites for hydroxylation is 1. The molecular formula is C15H19ClO. The molecule has 0 fully saturated rings. The molecule has 1 aromatic rings. The van der Waals surface area contributed by atoms with Crippen molar-refractivity contribution in [2.75, 3.05) is 7.11 Å². The van der Waals surface area contributed by atoms with Crippen LogP contribution in [0.1, 0.15) is 42.9 Å². The van der Waals surface area contributed by atoms with Crippen molar-refractivity contribution >= 4 is 11.6 Å². The monoisotopic (exact) mass is 250 g/mol. The fraction of sp³-hybridized carbons (Fsp3) is 0.467. The van der Waals surface area contributed by atoms with Crippen molar-refractivity contribution in [3.05, 3.63) is 27.8 Å². The highest BCUT2D eigenvalue weighted by molar-refractivity contribution is 6.31. The van der Waals surface area contributed by atoms with Crippen LogP contribution in [0.25, 0.3) is 0 Å². The second kappa shape index (κ2) is 5.98. The molecule has 17 heavy (non-hydrogen) atoms. The fourth-order valence-corrected chi connectivity index (χ4v) is 2.36. The fourth-order valence-electron chi connectivity index (χ4n) is 2.10. The van der Waals surface area contributed by atoms with E-state index in [2.05, 4.69) is 18.8 Å². The van der Waals surface area contributed by atoms with Gasteiger partial charge < -0.3 is 4.74 Å². The van der Waals surface area contributed by atoms with Crippen LogP contribution < -0.4 is 4.74 Å². The van der Waals surface area contributed by atoms with Gasteiger partial charge in [-0.1, -0.05) is 18.5 Å². The summed E-state index contributed by atoms with van der Waals surface area (Å²) in [7, 11) is 1.71. The van der Waals surface area contributed by atoms with Gasteiger partial charge in [0.05, 0.1) is 7.11 Å². The van der Waals surface area contributed by atoms with E-state index in [1.165, 1.54) is 5.56 Å². The summed E-state index contributed by atoms with van der Waals surface area (Å²) in [6.45, 7) is 8.08. The standard InChI is InChI=1S/C15H19ClO/c1-6-7-8-10(2)14-12(4)13(16)9-11(3)15(14)17-5/h9-10H,8H2,1-5H3. The molecule has 1 nitrogen and oxygen atoms in total. The molecule has 0 saturated carbocycles. The summed E-state index contributed by atoms with van der Waals surface area (Å²) < 4.78 is 5.51. The van der Waals surface area contributed by atoms with Crippen LogP contribution in [0.4, 0.5) is 0 Å². The van der Waals surface area contributed by atoms with Gasteiger partial charge in [-0.2, -0.15) is 0 Å². The molecule has 0 spiro atoms. The minimum absolute atomic E-state index is 0.329. The van der Waals surface area contributed by atoms with Crippen molar-refractivity contribution in [1.82, 2.24) is 0 Å². The zero-order valence-electron chi connectivity index (χ0n) is 11.1. The lowest BCUT2D eigenvalue weighted by Gasteiger charge is -2.19. The molecule has 2 heteroatoms. The molecular weight excluding hydrogens is 232 g/mol. The molecule has 0 radical (unpaired) electrons. The highest BCUT2D eigenvalue weighted by atomic mass is 35.5. The van der Waals surface area contributed by atoms with Gasteiger partial charge in [0, 0.05) is 17.0 Å². The molecule has 0 aliphatic carbocycles. The van der Waals surface area contributed by atoms with Gasteiger partial charge in [0.25, 0.3) is 0 Å². The number of methoxy groups -OCH3 is 1. The number of halogens is 1. The van der Waals surface area contributed by atoms with E-state index in [-0.39, 0.29) is 0 Å². The smallest absolute Gasteiger partial charge is 0.125 e. The van der Waals surface area contributed by atoms with Gasteiger partial charge in [-0.05, 0) is 43.9 Å². The minimum atomic E-state index is 0.329. The van der Waals surface area contributed by atoms with Crippen LogP contribution in [0.15, 0.2) is 6.07 Å². The van der Waals surface area contributed by atoms with Crippen LogP contribution in [0.5, 0.6) is 5.75 Å². The number of rotatable bonds is 3. The van der Waals surface area contributed by atoms with E-state index >= 15 is 0 Å². The molecule has 0 bridgehead atoms. The maximum Gasteiger partial charge on any atom is 0.125 e. The van der Waals surface area contributed by atoms with Crippen LogP contribution in [-0.2, 0) is 0 Å². The summed E-state index contributed by atoms with van der Waals surface area (Å²) in [5.74, 6) is 7.32. The third-order valence-corrected chi connectivity index (χ3v) is 3.38. The first-order valence-corrected chi connectivity index (χ1v) is 6.13. The lowest BCUT2D eigenvalue weighted by molar-refractivity contribution is 0.403. The van der Waals surface area contributed by atoms with E-state index in [1.807, 2.05) is 26.8 Å². The molecule has 1 unspecified atom stereocenters. The van der Waals surface area contributed by atoms with Gasteiger partial charge in [0.15, 0.2) is 0 Å². The minimum Gasteiger partial charge on any atom is -0.496 e. The third kappa shape index (κ3) is 2.96. The van der Waals surface area contributed by atoms with E-state index in [1.54, 1.807) is 7.11 Å². The lowest BCUT2D eigenvalue weighted by atomic mass is 9.91. The Hall–Kier alpha value is -1.13. The summed E-state index contributed by atoms with van der Waals surface area (Å²) in [6.07, 6.45) is 0.827. The first-order valence-electron chi connectivity index (χ1n) is 5.76. The predicted octanol–water partition coefficient (Wildman–Crippen LogP) is 4.48. The van der Waals surface area contributed by atoms with E-state index in [4.69, 9.17) is 16.3 Å². The van der Waals surface area contributed by atoms with E-state index in [0.29, 0.717) is 5.92 Å². The zero-order valence-corrected chi connectivity index (χ0v) is 11.9. The predicted molar refractivity (Wildman–Crippen MR) is 74.0 cm³/mol. The summed E-state index contributed by atoms with van der Waals surface area (Å²) >= 11 is 6.23. The van der Waals surface area contributed by atoms with Crippen molar-refractivity contribution in [2.24, 2.45) is 0 Å². The average molecular weight is 251 g/mol. The van der Waals surface area contributed by atoms with Crippen molar-refractivity contribution in [1.29, 1.82) is 0 Å². The second-order valence-electron chi connectivity index (χ2n) is 4.28. The van der Waals surface area contributed by atoms with Gasteiger partial charge in [-0.15, -0.1) is 11.8 Å². The molecule has 0 N–H and O–H groups in total. The highest BCUT2D eigenvalue weighted by Crippen LogP contribution is 2.37. The Morgan fingerprint density at radius 2 is 2.06 bits per heavy atom. The van der Waals surface area contributed by atoms with Gasteiger partial charge >= 0.3 is 0 Å². The van der Waals surface area contributed by atoms with Crippen LogP contribution in [-0.4, -0.2) is 7.11 Å². The molecule has 0 heterocycles. The third-order valence-electron chi connectivity index (χ3n) is 2.99. The van der Waals surface area contributed by atoms with E-state index in [9.17, 15) is 0 Å². The number of hydrogen-bond acceptors (Lipinski definition) is 1. The van der Waals surface area contributed by atoms with Crippen molar-refractivity contribution < 1.29 is 4.74 Å². The number of hydrogen-bond donors (Lipinski definition) is 0. The summed E-state index contributed by atoms with van der Waals surface area (Å²) in [6, 6.07) is 1.96. The second-order valence-corrected chi connectivity index (χ2v) is 4.69. The summed E-state index contributed by atoms with van der Waals surface area (Å²) in [4.78, 5) is 0. The Bertz CT molecular complexity index is 466. The molecule has 1 aromatic carbocycles. The van der Waals surface area contributed by atoms with E-state index in [0.717, 1.165) is 28.3 Å². The Kier molecular flexibility index (Phi) is 4.90. The molecule has 0 aliphatic heterocycles. The molecule has 92 valence electrons. The van der Waals surface area contributed by atoms with Crippen molar-refractivity contribution in [2.45, 2.75) is 40.0 Å². The number of benzene rings is 1. The zero-order chi connectivity index (χ0) is 13.0. The Morgan fingerprint density at radius 1 is 1.41 bits per heavy atom. The molecule has 0 amide bonds. The van der Waals surface area contributed by atoms with Gasteiger partial charge in [-0.25, -0.2) is 0 Å². The largest absolute Gasteiger partial charge is 0.496 e. The molecule has 1 rings (SSSR count). The van der Waals surface area contributed by atoms with Crippen LogP contribution >= 0.6 is 11.6 Å². The highest BCUT2D eigenvalue weighted by Gasteiger charge is 2.18. The van der Waals surface area contributed by atoms with Gasteiger partial charge in [0.2, 0.25) is 0 Å². The number of ether oxygens (including phenoxy) is 1. The van der Waals surface area contributed by atoms with Crippen LogP contribution in [0, 0.1) is 25.7 Å². The Labute approximate surface area is 109 Å². The SMILES string of the molecule is CC#CCC(C)c1c(C)c(Cl)cc(C)c1OC. The normalized spacial score (nSPS) is 11.6. The lowest BCUT2D eigenvalue weighted by Crippen LogP contribution is -2.02. The molecule has 1 atom stereocenters. The molecule has 0 aliphatic rings. The van der Waals surface area contributed by atoms with Crippen molar-refractivity contribution in [3.8, 4) is 17.6 Å². The van der Waals surface area contributed by atoms with Crippen LogP contribution in [0.3, 0.4) is 0 Å². The first kappa shape index (κ1) is 13.9.